The molecular weight excluding hydrogens is 268 g/mol. The standard InChI is InChI=1S/C13H15ClN2OS/c1-4-5-11(17)15-13-16(3)12-8(2)6-9(14)7-10(12)18-13/h6-7H,4-5H2,1-3H3. The number of carbonyl (C=O) groups excluding carboxylic acids is 1. The average molecular weight is 283 g/mol. The first-order chi connectivity index (χ1) is 8.52. The molecular formula is C13H15ClN2OS. The SMILES string of the molecule is CCCC(=O)N=c1sc2cc(Cl)cc(C)c2n1C. The predicted molar refractivity (Wildman–Crippen MR) is 76.0 cm³/mol. The number of thiazole rings is 1. The molecule has 2 aromatic rings. The molecule has 0 aliphatic carbocycles. The summed E-state index contributed by atoms with van der Waals surface area (Å²) in [6.45, 7) is 3.99. The van der Waals surface area contributed by atoms with Crippen LogP contribution in [-0.2, 0) is 11.8 Å². The molecule has 0 bridgehead atoms. The third-order valence-electron chi connectivity index (χ3n) is 2.74. The molecule has 0 N–H and O–H groups in total. The van der Waals surface area contributed by atoms with Crippen molar-refractivity contribution < 1.29 is 4.79 Å². The van der Waals surface area contributed by atoms with E-state index < -0.39 is 0 Å². The zero-order valence-corrected chi connectivity index (χ0v) is 12.2. The summed E-state index contributed by atoms with van der Waals surface area (Å²) in [5.41, 5.74) is 2.19. The van der Waals surface area contributed by atoms with E-state index in [1.807, 2.05) is 37.6 Å². The van der Waals surface area contributed by atoms with Gasteiger partial charge < -0.3 is 4.57 Å². The molecule has 1 heterocycles. The lowest BCUT2D eigenvalue weighted by Crippen LogP contribution is -2.13. The number of halogens is 1. The number of benzene rings is 1. The Balaban J connectivity index is 2.64. The minimum Gasteiger partial charge on any atom is -0.319 e. The molecule has 1 aromatic heterocycles. The lowest BCUT2D eigenvalue weighted by Gasteiger charge is -2.00. The van der Waals surface area contributed by atoms with Crippen molar-refractivity contribution >= 4 is 39.1 Å². The average Bonchev–Trinajstić information content (AvgIpc) is 2.55. The first-order valence-corrected chi connectivity index (χ1v) is 7.05. The summed E-state index contributed by atoms with van der Waals surface area (Å²) < 4.78 is 3.02. The van der Waals surface area contributed by atoms with Crippen LogP contribution in [-0.4, -0.2) is 10.5 Å². The van der Waals surface area contributed by atoms with Crippen LogP contribution in [0.4, 0.5) is 0 Å². The highest BCUT2D eigenvalue weighted by Crippen LogP contribution is 2.25. The Labute approximate surface area is 115 Å². The van der Waals surface area contributed by atoms with Crippen molar-refractivity contribution in [2.24, 2.45) is 12.0 Å². The second kappa shape index (κ2) is 5.24. The predicted octanol–water partition coefficient (Wildman–Crippen LogP) is 3.43. The van der Waals surface area contributed by atoms with Crippen molar-refractivity contribution in [3.8, 4) is 0 Å². The first kappa shape index (κ1) is 13.3. The van der Waals surface area contributed by atoms with Gasteiger partial charge >= 0.3 is 0 Å². The Morgan fingerprint density at radius 1 is 1.50 bits per heavy atom. The molecule has 1 aromatic carbocycles. The summed E-state index contributed by atoms with van der Waals surface area (Å²) in [5, 5.41) is 0.716. The highest BCUT2D eigenvalue weighted by molar-refractivity contribution is 7.16. The van der Waals surface area contributed by atoms with E-state index in [1.54, 1.807) is 0 Å². The lowest BCUT2D eigenvalue weighted by molar-refractivity contribution is -0.118. The second-order valence-corrected chi connectivity index (χ2v) is 5.71. The van der Waals surface area contributed by atoms with Crippen LogP contribution in [0.15, 0.2) is 17.1 Å². The van der Waals surface area contributed by atoms with Crippen LogP contribution in [0.1, 0.15) is 25.3 Å². The van der Waals surface area contributed by atoms with Gasteiger partial charge in [-0.2, -0.15) is 4.99 Å². The molecule has 5 heteroatoms. The molecule has 0 aliphatic heterocycles. The normalized spacial score (nSPS) is 12.3. The molecule has 3 nitrogen and oxygen atoms in total. The highest BCUT2D eigenvalue weighted by atomic mass is 35.5. The van der Waals surface area contributed by atoms with Crippen molar-refractivity contribution in [2.45, 2.75) is 26.7 Å². The third kappa shape index (κ3) is 2.49. The van der Waals surface area contributed by atoms with Gasteiger partial charge in [0.2, 0.25) is 5.91 Å². The zero-order chi connectivity index (χ0) is 13.3. The fourth-order valence-electron chi connectivity index (χ4n) is 1.95. The number of aryl methyl sites for hydroxylation is 2. The number of carbonyl (C=O) groups is 1. The maximum Gasteiger partial charge on any atom is 0.248 e. The van der Waals surface area contributed by atoms with E-state index in [0.717, 1.165) is 27.0 Å². The Morgan fingerprint density at radius 3 is 2.89 bits per heavy atom. The zero-order valence-electron chi connectivity index (χ0n) is 10.7. The highest BCUT2D eigenvalue weighted by Gasteiger charge is 2.08. The van der Waals surface area contributed by atoms with Crippen LogP contribution in [0.25, 0.3) is 10.2 Å². The molecule has 0 fully saturated rings. The number of aromatic nitrogens is 1. The smallest absolute Gasteiger partial charge is 0.248 e. The van der Waals surface area contributed by atoms with Crippen molar-refractivity contribution in [2.75, 3.05) is 0 Å². The van der Waals surface area contributed by atoms with Crippen LogP contribution < -0.4 is 4.80 Å². The Morgan fingerprint density at radius 2 is 2.22 bits per heavy atom. The maximum absolute atomic E-state index is 11.6. The molecule has 0 unspecified atom stereocenters. The van der Waals surface area contributed by atoms with Crippen LogP contribution in [0.3, 0.4) is 0 Å². The Kier molecular flexibility index (Phi) is 3.88. The summed E-state index contributed by atoms with van der Waals surface area (Å²) in [4.78, 5) is 16.5. The summed E-state index contributed by atoms with van der Waals surface area (Å²) in [6, 6.07) is 3.84. The molecule has 96 valence electrons. The summed E-state index contributed by atoms with van der Waals surface area (Å²) >= 11 is 7.54. The van der Waals surface area contributed by atoms with Crippen LogP contribution in [0.2, 0.25) is 5.02 Å². The number of hydrogen-bond donors (Lipinski definition) is 0. The quantitative estimate of drug-likeness (QED) is 0.831. The Hall–Kier alpha value is -1.13. The van der Waals surface area contributed by atoms with Crippen molar-refractivity contribution in [3.05, 3.63) is 27.5 Å². The van der Waals surface area contributed by atoms with E-state index in [9.17, 15) is 4.79 Å². The van der Waals surface area contributed by atoms with E-state index in [4.69, 9.17) is 11.6 Å². The fourth-order valence-corrected chi connectivity index (χ4v) is 3.44. The van der Waals surface area contributed by atoms with Gasteiger partial charge in [-0.05, 0) is 31.0 Å². The topological polar surface area (TPSA) is 34.4 Å². The van der Waals surface area contributed by atoms with Gasteiger partial charge in [0.15, 0.2) is 4.80 Å². The number of fused-ring (bicyclic) bond motifs is 1. The molecule has 1 amide bonds. The number of amides is 1. The largest absolute Gasteiger partial charge is 0.319 e. The van der Waals surface area contributed by atoms with Crippen molar-refractivity contribution in [1.82, 2.24) is 4.57 Å². The van der Waals surface area contributed by atoms with E-state index in [2.05, 4.69) is 4.99 Å². The minimum atomic E-state index is -0.0663. The van der Waals surface area contributed by atoms with Gasteiger partial charge in [-0.25, -0.2) is 0 Å². The fraction of sp³-hybridized carbons (Fsp3) is 0.385. The summed E-state index contributed by atoms with van der Waals surface area (Å²) in [7, 11) is 1.93. The van der Waals surface area contributed by atoms with Gasteiger partial charge in [0.1, 0.15) is 0 Å². The number of hydrogen-bond acceptors (Lipinski definition) is 2. The maximum atomic E-state index is 11.6. The molecule has 0 radical (unpaired) electrons. The number of rotatable bonds is 2. The van der Waals surface area contributed by atoms with E-state index >= 15 is 0 Å². The van der Waals surface area contributed by atoms with Crippen LogP contribution in [0, 0.1) is 6.92 Å². The van der Waals surface area contributed by atoms with E-state index in [1.165, 1.54) is 11.3 Å². The summed E-state index contributed by atoms with van der Waals surface area (Å²) in [5.74, 6) is -0.0663. The first-order valence-electron chi connectivity index (χ1n) is 5.86. The van der Waals surface area contributed by atoms with Gasteiger partial charge in [-0.3, -0.25) is 4.79 Å². The Bertz CT molecular complexity index is 669. The van der Waals surface area contributed by atoms with Gasteiger partial charge in [0.05, 0.1) is 10.2 Å². The minimum absolute atomic E-state index is 0.0663. The molecule has 0 aliphatic rings. The molecule has 2 rings (SSSR count). The third-order valence-corrected chi connectivity index (χ3v) is 4.04. The van der Waals surface area contributed by atoms with Crippen LogP contribution >= 0.6 is 22.9 Å². The van der Waals surface area contributed by atoms with Gasteiger partial charge in [-0.15, -0.1) is 0 Å². The van der Waals surface area contributed by atoms with Crippen LogP contribution in [0.5, 0.6) is 0 Å². The molecule has 0 saturated heterocycles. The molecule has 0 atom stereocenters. The van der Waals surface area contributed by atoms with Crippen molar-refractivity contribution in [1.29, 1.82) is 0 Å². The molecule has 0 spiro atoms. The monoisotopic (exact) mass is 282 g/mol. The lowest BCUT2D eigenvalue weighted by atomic mass is 10.2. The summed E-state index contributed by atoms with van der Waals surface area (Å²) in [6.07, 6.45) is 1.32. The van der Waals surface area contributed by atoms with Crippen molar-refractivity contribution in [3.63, 3.8) is 0 Å². The molecule has 0 saturated carbocycles. The van der Waals surface area contributed by atoms with E-state index in [-0.39, 0.29) is 5.91 Å². The van der Waals surface area contributed by atoms with Gasteiger partial charge in [-0.1, -0.05) is 29.9 Å². The van der Waals surface area contributed by atoms with E-state index in [0.29, 0.717) is 11.4 Å². The number of nitrogens with zero attached hydrogens (tertiary/aromatic N) is 2. The molecule has 18 heavy (non-hydrogen) atoms. The second-order valence-electron chi connectivity index (χ2n) is 4.27. The van der Waals surface area contributed by atoms with Gasteiger partial charge in [0.25, 0.3) is 0 Å². The van der Waals surface area contributed by atoms with Gasteiger partial charge in [0, 0.05) is 18.5 Å².